The van der Waals surface area contributed by atoms with Crippen LogP contribution in [0.1, 0.15) is 16.1 Å². The lowest BCUT2D eigenvalue weighted by atomic mass is 10.0. The van der Waals surface area contributed by atoms with E-state index in [0.29, 0.717) is 32.0 Å². The standard InChI is InChI=1S/C17H20N2O3/c1-12-9-14(21-2)3-4-15(12)13-10-16(18-11-13)17(20)19-5-7-22-8-6-19/h3-4,9-11,18H,5-8H2,1-2H3. The van der Waals surface area contributed by atoms with E-state index < -0.39 is 0 Å². The third-order valence-electron chi connectivity index (χ3n) is 3.96. The molecule has 0 saturated carbocycles. The summed E-state index contributed by atoms with van der Waals surface area (Å²) in [7, 11) is 1.66. The van der Waals surface area contributed by atoms with Gasteiger partial charge in [-0.05, 0) is 36.2 Å². The van der Waals surface area contributed by atoms with Crippen molar-refractivity contribution in [2.24, 2.45) is 0 Å². The summed E-state index contributed by atoms with van der Waals surface area (Å²) >= 11 is 0. The van der Waals surface area contributed by atoms with Crippen LogP contribution in [-0.2, 0) is 4.74 Å². The first kappa shape index (κ1) is 14.7. The van der Waals surface area contributed by atoms with Crippen molar-refractivity contribution in [2.75, 3.05) is 33.4 Å². The van der Waals surface area contributed by atoms with E-state index in [1.807, 2.05) is 42.3 Å². The summed E-state index contributed by atoms with van der Waals surface area (Å²) in [6.45, 7) is 4.55. The van der Waals surface area contributed by atoms with Gasteiger partial charge in [-0.15, -0.1) is 0 Å². The van der Waals surface area contributed by atoms with Crippen molar-refractivity contribution in [2.45, 2.75) is 6.92 Å². The minimum atomic E-state index is 0.0284. The summed E-state index contributed by atoms with van der Waals surface area (Å²) in [4.78, 5) is 17.4. The topological polar surface area (TPSA) is 54.6 Å². The van der Waals surface area contributed by atoms with Crippen molar-refractivity contribution in [3.05, 3.63) is 41.7 Å². The quantitative estimate of drug-likeness (QED) is 0.947. The Bertz CT molecular complexity index is 672. The summed E-state index contributed by atoms with van der Waals surface area (Å²) in [5, 5.41) is 0. The highest BCUT2D eigenvalue weighted by Gasteiger charge is 2.20. The highest BCUT2D eigenvalue weighted by molar-refractivity contribution is 5.94. The van der Waals surface area contributed by atoms with E-state index in [-0.39, 0.29) is 5.91 Å². The normalized spacial score (nSPS) is 14.9. The van der Waals surface area contributed by atoms with Crippen molar-refractivity contribution in [3.63, 3.8) is 0 Å². The van der Waals surface area contributed by atoms with Crippen molar-refractivity contribution < 1.29 is 14.3 Å². The number of carbonyl (C=O) groups is 1. The maximum atomic E-state index is 12.4. The molecule has 0 aliphatic carbocycles. The number of morpholine rings is 1. The molecule has 1 fully saturated rings. The largest absolute Gasteiger partial charge is 0.497 e. The second kappa shape index (κ2) is 6.23. The van der Waals surface area contributed by atoms with Crippen molar-refractivity contribution in [1.82, 2.24) is 9.88 Å². The van der Waals surface area contributed by atoms with Crippen molar-refractivity contribution in [1.29, 1.82) is 0 Å². The van der Waals surface area contributed by atoms with Gasteiger partial charge in [-0.25, -0.2) is 0 Å². The predicted molar refractivity (Wildman–Crippen MR) is 84.2 cm³/mol. The van der Waals surface area contributed by atoms with Gasteiger partial charge in [0.1, 0.15) is 11.4 Å². The van der Waals surface area contributed by atoms with E-state index >= 15 is 0 Å². The molecule has 5 heteroatoms. The summed E-state index contributed by atoms with van der Waals surface area (Å²) in [5.74, 6) is 0.863. The Kier molecular flexibility index (Phi) is 4.15. The lowest BCUT2D eigenvalue weighted by Crippen LogP contribution is -2.40. The van der Waals surface area contributed by atoms with Gasteiger partial charge in [-0.2, -0.15) is 0 Å². The van der Waals surface area contributed by atoms with Crippen LogP contribution in [0.3, 0.4) is 0 Å². The Labute approximate surface area is 129 Å². The van der Waals surface area contributed by atoms with Gasteiger partial charge in [0.2, 0.25) is 0 Å². The molecule has 1 saturated heterocycles. The zero-order valence-corrected chi connectivity index (χ0v) is 12.9. The number of aromatic amines is 1. The van der Waals surface area contributed by atoms with Crippen LogP contribution < -0.4 is 4.74 Å². The molecule has 22 heavy (non-hydrogen) atoms. The number of hydrogen-bond donors (Lipinski definition) is 1. The molecule has 1 aliphatic heterocycles. The fraction of sp³-hybridized carbons (Fsp3) is 0.353. The van der Waals surface area contributed by atoms with Gasteiger partial charge in [0, 0.05) is 24.8 Å². The van der Waals surface area contributed by atoms with Crippen LogP contribution in [0, 0.1) is 6.92 Å². The molecule has 3 rings (SSSR count). The number of nitrogens with zero attached hydrogens (tertiary/aromatic N) is 1. The van der Waals surface area contributed by atoms with Crippen molar-refractivity contribution in [3.8, 4) is 16.9 Å². The Morgan fingerprint density at radius 1 is 1.27 bits per heavy atom. The highest BCUT2D eigenvalue weighted by Crippen LogP contribution is 2.27. The number of hydrogen-bond acceptors (Lipinski definition) is 3. The molecule has 2 aromatic rings. The number of carbonyl (C=O) groups excluding carboxylic acids is 1. The number of aromatic nitrogens is 1. The van der Waals surface area contributed by atoms with Gasteiger partial charge < -0.3 is 19.4 Å². The van der Waals surface area contributed by atoms with Gasteiger partial charge in [-0.1, -0.05) is 6.07 Å². The molecule has 1 amide bonds. The number of amides is 1. The van der Waals surface area contributed by atoms with E-state index in [4.69, 9.17) is 9.47 Å². The Morgan fingerprint density at radius 2 is 2.05 bits per heavy atom. The molecule has 1 aromatic carbocycles. The molecule has 0 unspecified atom stereocenters. The van der Waals surface area contributed by atoms with Gasteiger partial charge in [-0.3, -0.25) is 4.79 Å². The second-order valence-electron chi connectivity index (χ2n) is 5.39. The molecular formula is C17H20N2O3. The minimum absolute atomic E-state index is 0.0284. The number of ether oxygens (including phenoxy) is 2. The molecule has 0 atom stereocenters. The molecule has 0 bridgehead atoms. The first-order chi connectivity index (χ1) is 10.7. The molecule has 5 nitrogen and oxygen atoms in total. The molecule has 1 aliphatic rings. The molecular weight excluding hydrogens is 280 g/mol. The number of nitrogens with one attached hydrogen (secondary N) is 1. The van der Waals surface area contributed by atoms with E-state index in [0.717, 1.165) is 22.4 Å². The van der Waals surface area contributed by atoms with Gasteiger partial charge in [0.15, 0.2) is 0 Å². The van der Waals surface area contributed by atoms with Gasteiger partial charge in [0.25, 0.3) is 5.91 Å². The van der Waals surface area contributed by atoms with Crippen LogP contribution in [0.25, 0.3) is 11.1 Å². The van der Waals surface area contributed by atoms with E-state index in [1.54, 1.807) is 7.11 Å². The van der Waals surface area contributed by atoms with E-state index in [2.05, 4.69) is 4.98 Å². The fourth-order valence-corrected chi connectivity index (χ4v) is 2.70. The smallest absolute Gasteiger partial charge is 0.270 e. The molecule has 0 spiro atoms. The molecule has 116 valence electrons. The maximum absolute atomic E-state index is 12.4. The van der Waals surface area contributed by atoms with Crippen molar-refractivity contribution >= 4 is 5.91 Å². The lowest BCUT2D eigenvalue weighted by molar-refractivity contribution is 0.0299. The van der Waals surface area contributed by atoms with Gasteiger partial charge >= 0.3 is 0 Å². The summed E-state index contributed by atoms with van der Waals surface area (Å²) in [6, 6.07) is 7.84. The number of methoxy groups -OCH3 is 1. The third-order valence-corrected chi connectivity index (χ3v) is 3.96. The summed E-state index contributed by atoms with van der Waals surface area (Å²) in [6.07, 6.45) is 1.88. The average Bonchev–Trinajstić information content (AvgIpc) is 3.04. The van der Waals surface area contributed by atoms with Crippen LogP contribution in [0.15, 0.2) is 30.5 Å². The second-order valence-corrected chi connectivity index (χ2v) is 5.39. The molecule has 1 N–H and O–H groups in total. The van der Waals surface area contributed by atoms with Crippen LogP contribution >= 0.6 is 0 Å². The first-order valence-corrected chi connectivity index (χ1v) is 7.39. The number of benzene rings is 1. The zero-order valence-electron chi connectivity index (χ0n) is 12.9. The van der Waals surface area contributed by atoms with E-state index in [1.165, 1.54) is 0 Å². The number of rotatable bonds is 3. The monoisotopic (exact) mass is 300 g/mol. The Balaban J connectivity index is 1.82. The Hall–Kier alpha value is -2.27. The van der Waals surface area contributed by atoms with Crippen LogP contribution in [0.2, 0.25) is 0 Å². The fourth-order valence-electron chi connectivity index (χ4n) is 2.70. The zero-order chi connectivity index (χ0) is 15.5. The highest BCUT2D eigenvalue weighted by atomic mass is 16.5. The van der Waals surface area contributed by atoms with Crippen LogP contribution in [0.4, 0.5) is 0 Å². The minimum Gasteiger partial charge on any atom is -0.497 e. The van der Waals surface area contributed by atoms with Gasteiger partial charge in [0.05, 0.1) is 20.3 Å². The average molecular weight is 300 g/mol. The summed E-state index contributed by atoms with van der Waals surface area (Å²) < 4.78 is 10.5. The first-order valence-electron chi connectivity index (χ1n) is 7.39. The maximum Gasteiger partial charge on any atom is 0.270 e. The van der Waals surface area contributed by atoms with E-state index in [9.17, 15) is 4.79 Å². The van der Waals surface area contributed by atoms with Crippen LogP contribution in [0.5, 0.6) is 5.75 Å². The summed E-state index contributed by atoms with van der Waals surface area (Å²) in [5.41, 5.74) is 3.84. The number of aryl methyl sites for hydroxylation is 1. The van der Waals surface area contributed by atoms with Crippen LogP contribution in [-0.4, -0.2) is 49.2 Å². The third kappa shape index (κ3) is 2.85. The predicted octanol–water partition coefficient (Wildman–Crippen LogP) is 2.47. The molecule has 2 heterocycles. The SMILES string of the molecule is COc1ccc(-c2c[nH]c(C(=O)N3CCOCC3)c2)c(C)c1. The lowest BCUT2D eigenvalue weighted by Gasteiger charge is -2.26. The molecule has 0 radical (unpaired) electrons. The number of H-pyrrole nitrogens is 1. The Morgan fingerprint density at radius 3 is 2.73 bits per heavy atom. The molecule has 1 aromatic heterocycles.